The molecule has 1 fully saturated rings. The lowest BCUT2D eigenvalue weighted by Gasteiger charge is -2.07. The molecule has 5 nitrogen and oxygen atoms in total. The lowest BCUT2D eigenvalue weighted by atomic mass is 10.2. The van der Waals surface area contributed by atoms with E-state index in [-0.39, 0.29) is 12.6 Å². The van der Waals surface area contributed by atoms with Gasteiger partial charge < -0.3 is 4.74 Å². The highest BCUT2D eigenvalue weighted by atomic mass is 19.4. The van der Waals surface area contributed by atoms with Crippen molar-refractivity contribution in [2.45, 2.75) is 31.7 Å². The van der Waals surface area contributed by atoms with Crippen molar-refractivity contribution in [1.82, 2.24) is 14.3 Å². The maximum atomic E-state index is 12.5. The summed E-state index contributed by atoms with van der Waals surface area (Å²) in [6.07, 6.45) is -3.23. The lowest BCUT2D eigenvalue weighted by molar-refractivity contribution is -0.147. The number of aromatic nitrogens is 3. The number of ether oxygens (including phenoxy) is 1. The summed E-state index contributed by atoms with van der Waals surface area (Å²) in [4.78, 5) is 11.5. The largest absolute Gasteiger partial charge is 0.451 e. The molecular formula is C9H12F3N3O2. The summed E-state index contributed by atoms with van der Waals surface area (Å²) in [7, 11) is 1.06. The van der Waals surface area contributed by atoms with Gasteiger partial charge in [-0.2, -0.15) is 13.2 Å². The summed E-state index contributed by atoms with van der Waals surface area (Å²) in [5.41, 5.74) is -0.771. The fourth-order valence-electron chi connectivity index (χ4n) is 1.83. The SMILES string of the molecule is Cn1c(C(F)(F)F)nn(CC2CCCO2)c1=O. The van der Waals surface area contributed by atoms with Crippen LogP contribution >= 0.6 is 0 Å². The van der Waals surface area contributed by atoms with Gasteiger partial charge in [-0.1, -0.05) is 0 Å². The fourth-order valence-corrected chi connectivity index (χ4v) is 1.83. The van der Waals surface area contributed by atoms with Crippen LogP contribution in [0, 0.1) is 0 Å². The molecule has 1 aromatic heterocycles. The van der Waals surface area contributed by atoms with Crippen molar-refractivity contribution < 1.29 is 17.9 Å². The van der Waals surface area contributed by atoms with Crippen LogP contribution in [0.3, 0.4) is 0 Å². The second-order valence-electron chi connectivity index (χ2n) is 3.98. The van der Waals surface area contributed by atoms with E-state index < -0.39 is 17.7 Å². The molecule has 0 N–H and O–H groups in total. The third-order valence-electron chi connectivity index (χ3n) is 2.69. The maximum absolute atomic E-state index is 12.5. The van der Waals surface area contributed by atoms with E-state index in [1.165, 1.54) is 0 Å². The van der Waals surface area contributed by atoms with E-state index in [0.717, 1.165) is 24.6 Å². The summed E-state index contributed by atoms with van der Waals surface area (Å²) in [5, 5.41) is 3.31. The average molecular weight is 251 g/mol. The van der Waals surface area contributed by atoms with Crippen molar-refractivity contribution in [3.8, 4) is 0 Å². The number of hydrogen-bond donors (Lipinski definition) is 0. The first-order valence-electron chi connectivity index (χ1n) is 5.22. The fraction of sp³-hybridized carbons (Fsp3) is 0.778. The topological polar surface area (TPSA) is 49.0 Å². The Morgan fingerprint density at radius 1 is 1.53 bits per heavy atom. The van der Waals surface area contributed by atoms with E-state index in [1.54, 1.807) is 0 Å². The second kappa shape index (κ2) is 4.17. The third kappa shape index (κ3) is 2.36. The Morgan fingerprint density at radius 2 is 2.24 bits per heavy atom. The van der Waals surface area contributed by atoms with Crippen LogP contribution < -0.4 is 5.69 Å². The van der Waals surface area contributed by atoms with Crippen molar-refractivity contribution in [2.75, 3.05) is 6.61 Å². The Bertz CT molecular complexity index is 457. The molecule has 1 aromatic rings. The molecule has 0 saturated carbocycles. The van der Waals surface area contributed by atoms with Crippen LogP contribution in [-0.2, 0) is 24.5 Å². The molecule has 1 aliphatic heterocycles. The van der Waals surface area contributed by atoms with Crippen molar-refractivity contribution in [3.05, 3.63) is 16.3 Å². The van der Waals surface area contributed by atoms with Crippen molar-refractivity contribution in [3.63, 3.8) is 0 Å². The summed E-state index contributed by atoms with van der Waals surface area (Å²) < 4.78 is 44.0. The summed E-state index contributed by atoms with van der Waals surface area (Å²) in [6, 6.07) is 0. The summed E-state index contributed by atoms with van der Waals surface area (Å²) in [5.74, 6) is -1.18. The Morgan fingerprint density at radius 3 is 2.71 bits per heavy atom. The van der Waals surface area contributed by atoms with Gasteiger partial charge in [0, 0.05) is 13.7 Å². The molecular weight excluding hydrogens is 239 g/mol. The zero-order valence-electron chi connectivity index (χ0n) is 9.20. The number of alkyl halides is 3. The van der Waals surface area contributed by atoms with Crippen molar-refractivity contribution in [2.24, 2.45) is 7.05 Å². The smallest absolute Gasteiger partial charge is 0.376 e. The van der Waals surface area contributed by atoms with Gasteiger partial charge in [0.25, 0.3) is 0 Å². The van der Waals surface area contributed by atoms with Crippen LogP contribution in [0.25, 0.3) is 0 Å². The lowest BCUT2D eigenvalue weighted by Crippen LogP contribution is -2.28. The van der Waals surface area contributed by atoms with E-state index in [9.17, 15) is 18.0 Å². The average Bonchev–Trinajstić information content (AvgIpc) is 2.81. The van der Waals surface area contributed by atoms with Gasteiger partial charge in [0.15, 0.2) is 0 Å². The molecule has 0 amide bonds. The Kier molecular flexibility index (Phi) is 2.98. The molecule has 8 heteroatoms. The van der Waals surface area contributed by atoms with Gasteiger partial charge in [0.05, 0.1) is 12.6 Å². The molecule has 1 atom stereocenters. The van der Waals surface area contributed by atoms with Gasteiger partial charge >= 0.3 is 11.9 Å². The van der Waals surface area contributed by atoms with Crippen molar-refractivity contribution >= 4 is 0 Å². The number of halogens is 3. The van der Waals surface area contributed by atoms with E-state index in [4.69, 9.17) is 4.74 Å². The molecule has 96 valence electrons. The van der Waals surface area contributed by atoms with E-state index in [0.29, 0.717) is 11.2 Å². The molecule has 0 radical (unpaired) electrons. The first-order chi connectivity index (χ1) is 7.89. The highest BCUT2D eigenvalue weighted by molar-refractivity contribution is 4.92. The Labute approximate surface area is 94.8 Å². The van der Waals surface area contributed by atoms with Crippen LogP contribution in [0.2, 0.25) is 0 Å². The monoisotopic (exact) mass is 251 g/mol. The van der Waals surface area contributed by atoms with Crippen molar-refractivity contribution in [1.29, 1.82) is 0 Å². The van der Waals surface area contributed by atoms with Gasteiger partial charge in [-0.25, -0.2) is 9.48 Å². The normalized spacial score (nSPS) is 21.1. The second-order valence-corrected chi connectivity index (χ2v) is 3.98. The van der Waals surface area contributed by atoms with Crippen LogP contribution in [-0.4, -0.2) is 27.1 Å². The quantitative estimate of drug-likeness (QED) is 0.780. The molecule has 0 aromatic carbocycles. The zero-order valence-corrected chi connectivity index (χ0v) is 9.20. The number of rotatable bonds is 2. The molecule has 1 saturated heterocycles. The minimum atomic E-state index is -4.62. The molecule has 0 aliphatic carbocycles. The molecule has 1 unspecified atom stereocenters. The molecule has 2 heterocycles. The molecule has 0 bridgehead atoms. The number of hydrogen-bond acceptors (Lipinski definition) is 3. The highest BCUT2D eigenvalue weighted by Gasteiger charge is 2.38. The minimum Gasteiger partial charge on any atom is -0.376 e. The third-order valence-corrected chi connectivity index (χ3v) is 2.69. The Hall–Kier alpha value is -1.31. The molecule has 1 aliphatic rings. The van der Waals surface area contributed by atoms with E-state index in [1.807, 2.05) is 0 Å². The maximum Gasteiger partial charge on any atom is 0.451 e. The van der Waals surface area contributed by atoms with Gasteiger partial charge in [-0.3, -0.25) is 4.57 Å². The van der Waals surface area contributed by atoms with E-state index in [2.05, 4.69) is 5.10 Å². The molecule has 17 heavy (non-hydrogen) atoms. The van der Waals surface area contributed by atoms with Gasteiger partial charge in [0.2, 0.25) is 5.82 Å². The minimum absolute atomic E-state index is 0.0722. The molecule has 0 spiro atoms. The zero-order chi connectivity index (χ0) is 12.6. The predicted octanol–water partition coefficient (Wildman–Crippen LogP) is 0.780. The Balaban J connectivity index is 2.26. The summed E-state index contributed by atoms with van der Waals surface area (Å²) >= 11 is 0. The van der Waals surface area contributed by atoms with Gasteiger partial charge in [-0.05, 0) is 12.8 Å². The summed E-state index contributed by atoms with van der Waals surface area (Å²) in [6.45, 7) is 0.654. The van der Waals surface area contributed by atoms with Crippen LogP contribution in [0.4, 0.5) is 13.2 Å². The predicted molar refractivity (Wildman–Crippen MR) is 51.4 cm³/mol. The van der Waals surface area contributed by atoms with Gasteiger partial charge in [-0.15, -0.1) is 5.10 Å². The van der Waals surface area contributed by atoms with Crippen LogP contribution in [0.1, 0.15) is 18.7 Å². The first kappa shape index (κ1) is 12.2. The number of nitrogens with zero attached hydrogens (tertiary/aromatic N) is 3. The van der Waals surface area contributed by atoms with Gasteiger partial charge in [0.1, 0.15) is 0 Å². The molecule has 2 rings (SSSR count). The van der Waals surface area contributed by atoms with Crippen LogP contribution in [0.5, 0.6) is 0 Å². The standard InChI is InChI=1S/C9H12F3N3O2/c1-14-7(9(10,11)12)13-15(8(14)16)5-6-3-2-4-17-6/h6H,2-5H2,1H3. The highest BCUT2D eigenvalue weighted by Crippen LogP contribution is 2.26. The first-order valence-corrected chi connectivity index (χ1v) is 5.22. The van der Waals surface area contributed by atoms with E-state index >= 15 is 0 Å². The van der Waals surface area contributed by atoms with Crippen LogP contribution in [0.15, 0.2) is 4.79 Å².